The van der Waals surface area contributed by atoms with Gasteiger partial charge in [0.1, 0.15) is 4.08 Å². The summed E-state index contributed by atoms with van der Waals surface area (Å²) >= 11 is 10.3. The van der Waals surface area contributed by atoms with E-state index in [9.17, 15) is 0 Å². The summed E-state index contributed by atoms with van der Waals surface area (Å²) in [7, 11) is 0. The van der Waals surface area contributed by atoms with Crippen molar-refractivity contribution in [2.45, 2.75) is 4.08 Å². The van der Waals surface area contributed by atoms with Gasteiger partial charge in [-0.1, -0.05) is 109 Å². The number of fused-ring (bicyclic) bond motifs is 5. The van der Waals surface area contributed by atoms with Crippen LogP contribution >= 0.6 is 25.3 Å². The summed E-state index contributed by atoms with van der Waals surface area (Å²) in [6.07, 6.45) is 0. The van der Waals surface area contributed by atoms with Gasteiger partial charge in [0.25, 0.3) is 0 Å². The van der Waals surface area contributed by atoms with Crippen molar-refractivity contribution >= 4 is 46.8 Å². The Morgan fingerprint density at radius 1 is 0.400 bits per heavy atom. The van der Waals surface area contributed by atoms with Gasteiger partial charge in [0.2, 0.25) is 0 Å². The summed E-state index contributed by atoms with van der Waals surface area (Å²) < 4.78 is -0.675. The third kappa shape index (κ3) is 3.17. The van der Waals surface area contributed by atoms with Gasteiger partial charge in [0.15, 0.2) is 0 Å². The van der Waals surface area contributed by atoms with Crippen molar-refractivity contribution in [2.24, 2.45) is 0 Å². The zero-order valence-electron chi connectivity index (χ0n) is 18.9. The van der Waals surface area contributed by atoms with Gasteiger partial charge >= 0.3 is 0 Å². The van der Waals surface area contributed by atoms with Crippen molar-refractivity contribution in [2.75, 3.05) is 0 Å². The summed E-state index contributed by atoms with van der Waals surface area (Å²) in [5, 5.41) is 5.01. The Kier molecular flexibility index (Phi) is 4.64. The summed E-state index contributed by atoms with van der Waals surface area (Å²) in [4.78, 5) is 0. The molecule has 0 N–H and O–H groups in total. The molecule has 0 aromatic heterocycles. The number of thiol groups is 2. The fourth-order valence-corrected chi connectivity index (χ4v) is 6.31. The molecule has 1 aliphatic rings. The van der Waals surface area contributed by atoms with E-state index >= 15 is 0 Å². The van der Waals surface area contributed by atoms with Crippen LogP contribution < -0.4 is 0 Å². The molecule has 0 atom stereocenters. The first-order valence-corrected chi connectivity index (χ1v) is 12.7. The summed E-state index contributed by atoms with van der Waals surface area (Å²) in [5.74, 6) is 0. The molecule has 0 bridgehead atoms. The fourth-order valence-electron chi connectivity index (χ4n) is 5.57. The Balaban J connectivity index is 1.38. The first kappa shape index (κ1) is 20.9. The van der Waals surface area contributed by atoms with Crippen LogP contribution in [-0.4, -0.2) is 0 Å². The third-order valence-electron chi connectivity index (χ3n) is 7.28. The maximum Gasteiger partial charge on any atom is 0.107 e. The molecule has 0 saturated heterocycles. The van der Waals surface area contributed by atoms with Gasteiger partial charge in [-0.05, 0) is 78.2 Å². The van der Waals surface area contributed by atoms with Gasteiger partial charge in [0.05, 0.1) is 0 Å². The number of rotatable bonds is 2. The quantitative estimate of drug-likeness (QED) is 0.178. The zero-order valence-corrected chi connectivity index (χ0v) is 20.7. The summed E-state index contributed by atoms with van der Waals surface area (Å²) in [5.41, 5.74) is 9.54. The van der Waals surface area contributed by atoms with Crippen molar-refractivity contribution in [1.82, 2.24) is 0 Å². The highest BCUT2D eigenvalue weighted by Crippen LogP contribution is 2.55. The third-order valence-corrected chi connectivity index (χ3v) is 8.25. The lowest BCUT2D eigenvalue weighted by atomic mass is 9.94. The van der Waals surface area contributed by atoms with Crippen molar-refractivity contribution < 1.29 is 0 Å². The maximum absolute atomic E-state index is 5.14. The molecule has 166 valence electrons. The van der Waals surface area contributed by atoms with E-state index in [1.807, 2.05) is 0 Å². The molecule has 0 unspecified atom stereocenters. The fraction of sp³-hybridized carbons (Fsp3) is 0.0303. The second-order valence-corrected chi connectivity index (χ2v) is 10.9. The highest BCUT2D eigenvalue weighted by atomic mass is 32.2. The number of hydrogen-bond donors (Lipinski definition) is 2. The van der Waals surface area contributed by atoms with Crippen LogP contribution in [0.5, 0.6) is 0 Å². The SMILES string of the molecule is SC1(S)c2cc(-c3cccc4ccccc34)ccc2-c2ccc(-c3cccc4ccccc34)cc21. The molecule has 0 amide bonds. The van der Waals surface area contributed by atoms with Crippen LogP contribution in [0.2, 0.25) is 0 Å². The minimum atomic E-state index is -0.675. The predicted molar refractivity (Wildman–Crippen MR) is 157 cm³/mol. The Morgan fingerprint density at radius 3 is 1.31 bits per heavy atom. The van der Waals surface area contributed by atoms with Gasteiger partial charge in [-0.3, -0.25) is 0 Å². The van der Waals surface area contributed by atoms with Crippen molar-refractivity contribution in [3.8, 4) is 33.4 Å². The molecule has 6 aromatic rings. The van der Waals surface area contributed by atoms with E-state index in [-0.39, 0.29) is 0 Å². The molecule has 0 fully saturated rings. The van der Waals surface area contributed by atoms with Crippen LogP contribution in [0.3, 0.4) is 0 Å². The smallest absolute Gasteiger partial charge is 0.107 e. The van der Waals surface area contributed by atoms with E-state index in [1.54, 1.807) is 0 Å². The number of hydrogen-bond acceptors (Lipinski definition) is 2. The van der Waals surface area contributed by atoms with Gasteiger partial charge in [-0.25, -0.2) is 0 Å². The number of benzene rings is 6. The molecule has 6 aromatic carbocycles. The lowest BCUT2D eigenvalue weighted by Crippen LogP contribution is -2.08. The van der Waals surface area contributed by atoms with E-state index in [0.717, 1.165) is 11.1 Å². The molecule has 0 radical (unpaired) electrons. The first-order chi connectivity index (χ1) is 17.1. The molecular formula is C33H22S2. The molecule has 0 heterocycles. The van der Waals surface area contributed by atoms with Crippen LogP contribution in [0.25, 0.3) is 54.9 Å². The Labute approximate surface area is 216 Å². The standard InChI is InChI=1S/C33H22S2/c34-33(35)31-19-23(27-13-5-9-21-7-1-3-11-25(21)27)15-17-29(31)30-18-16-24(20-32(30)33)28-14-6-10-22-8-2-4-12-26(22)28/h1-20,34-35H. The Bertz CT molecular complexity index is 1640. The molecule has 7 rings (SSSR count). The van der Waals surface area contributed by atoms with E-state index in [2.05, 4.69) is 121 Å². The lowest BCUT2D eigenvalue weighted by molar-refractivity contribution is 1.15. The highest BCUT2D eigenvalue weighted by molar-refractivity contribution is 8.00. The zero-order chi connectivity index (χ0) is 23.6. The van der Waals surface area contributed by atoms with Crippen LogP contribution in [0.1, 0.15) is 11.1 Å². The summed E-state index contributed by atoms with van der Waals surface area (Å²) in [6.45, 7) is 0. The predicted octanol–water partition coefficient (Wildman–Crippen LogP) is 9.37. The molecule has 0 nitrogen and oxygen atoms in total. The van der Waals surface area contributed by atoms with Crippen LogP contribution in [-0.2, 0) is 4.08 Å². The van der Waals surface area contributed by atoms with Gasteiger partial charge in [-0.15, -0.1) is 0 Å². The van der Waals surface area contributed by atoms with Gasteiger partial charge < -0.3 is 0 Å². The van der Waals surface area contributed by atoms with Crippen LogP contribution in [0.4, 0.5) is 0 Å². The van der Waals surface area contributed by atoms with Crippen LogP contribution in [0, 0.1) is 0 Å². The maximum atomic E-state index is 5.14. The second-order valence-electron chi connectivity index (χ2n) is 9.25. The lowest BCUT2D eigenvalue weighted by Gasteiger charge is -2.21. The molecule has 2 heteroatoms. The largest absolute Gasteiger partial charge is 0.152 e. The van der Waals surface area contributed by atoms with Crippen LogP contribution in [0.15, 0.2) is 121 Å². The van der Waals surface area contributed by atoms with E-state index < -0.39 is 4.08 Å². The Morgan fingerprint density at radius 2 is 0.829 bits per heavy atom. The molecule has 35 heavy (non-hydrogen) atoms. The highest BCUT2D eigenvalue weighted by Gasteiger charge is 2.38. The second kappa shape index (κ2) is 7.78. The normalized spacial score (nSPS) is 13.7. The minimum absolute atomic E-state index is 0.675. The van der Waals surface area contributed by atoms with E-state index in [1.165, 1.54) is 54.9 Å². The molecule has 0 spiro atoms. The molecule has 0 saturated carbocycles. The van der Waals surface area contributed by atoms with E-state index in [0.29, 0.717) is 0 Å². The van der Waals surface area contributed by atoms with Crippen molar-refractivity contribution in [3.05, 3.63) is 132 Å². The van der Waals surface area contributed by atoms with Crippen molar-refractivity contribution in [3.63, 3.8) is 0 Å². The molecule has 1 aliphatic carbocycles. The molecule has 0 aliphatic heterocycles. The average Bonchev–Trinajstić information content (AvgIpc) is 3.13. The van der Waals surface area contributed by atoms with E-state index in [4.69, 9.17) is 25.3 Å². The average molecular weight is 483 g/mol. The molecular weight excluding hydrogens is 460 g/mol. The minimum Gasteiger partial charge on any atom is -0.152 e. The van der Waals surface area contributed by atoms with Crippen molar-refractivity contribution in [1.29, 1.82) is 0 Å². The van der Waals surface area contributed by atoms with Gasteiger partial charge in [0, 0.05) is 0 Å². The topological polar surface area (TPSA) is 0 Å². The summed E-state index contributed by atoms with van der Waals surface area (Å²) in [6, 6.07) is 43.6. The first-order valence-electron chi connectivity index (χ1n) is 11.8. The Hall–Kier alpha value is -3.46. The monoisotopic (exact) mass is 482 g/mol. The van der Waals surface area contributed by atoms with Gasteiger partial charge in [-0.2, -0.15) is 25.3 Å².